The number of hydrogen-bond donors (Lipinski definition) is 1. The Bertz CT molecular complexity index is 727. The highest BCUT2D eigenvalue weighted by atomic mass is 32.1. The second-order valence-electron chi connectivity index (χ2n) is 5.28. The monoisotopic (exact) mass is 304 g/mol. The SMILES string of the molecule is CC(C)Cc1cc(CNC(=O)c2cn3ccsc3n2)no1. The summed E-state index contributed by atoms with van der Waals surface area (Å²) < 4.78 is 7.06. The lowest BCUT2D eigenvalue weighted by Gasteiger charge is -1.99. The standard InChI is InChI=1S/C14H16N4O2S/c1-9(2)5-11-6-10(17-20-11)7-15-13(19)12-8-18-3-4-21-14(18)16-12/h3-4,6,8-9H,5,7H2,1-2H3,(H,15,19). The molecule has 3 aromatic heterocycles. The Morgan fingerprint density at radius 3 is 3.14 bits per heavy atom. The van der Waals surface area contributed by atoms with Gasteiger partial charge in [-0.05, 0) is 5.92 Å². The number of hydrogen-bond acceptors (Lipinski definition) is 5. The highest BCUT2D eigenvalue weighted by Gasteiger charge is 2.12. The second kappa shape index (κ2) is 5.69. The molecule has 0 saturated heterocycles. The van der Waals surface area contributed by atoms with E-state index in [0.717, 1.165) is 22.8 Å². The molecule has 0 fully saturated rings. The van der Waals surface area contributed by atoms with Gasteiger partial charge in [-0.1, -0.05) is 19.0 Å². The first-order chi connectivity index (χ1) is 10.1. The van der Waals surface area contributed by atoms with E-state index in [2.05, 4.69) is 29.3 Å². The lowest BCUT2D eigenvalue weighted by atomic mass is 10.1. The molecule has 7 heteroatoms. The molecule has 3 heterocycles. The third-order valence-electron chi connectivity index (χ3n) is 2.97. The summed E-state index contributed by atoms with van der Waals surface area (Å²) in [5.74, 6) is 1.15. The van der Waals surface area contributed by atoms with Crippen LogP contribution in [0.25, 0.3) is 4.96 Å². The molecule has 0 unspecified atom stereocenters. The molecule has 0 bridgehead atoms. The van der Waals surface area contributed by atoms with Gasteiger partial charge < -0.3 is 9.84 Å². The molecule has 0 aromatic carbocycles. The van der Waals surface area contributed by atoms with Crippen LogP contribution in [-0.4, -0.2) is 20.4 Å². The van der Waals surface area contributed by atoms with Crippen molar-refractivity contribution in [2.24, 2.45) is 5.92 Å². The van der Waals surface area contributed by atoms with Crippen molar-refractivity contribution in [1.29, 1.82) is 0 Å². The molecule has 0 aliphatic heterocycles. The van der Waals surface area contributed by atoms with Crippen molar-refractivity contribution in [2.75, 3.05) is 0 Å². The quantitative estimate of drug-likeness (QED) is 0.786. The number of rotatable bonds is 5. The molecule has 1 amide bonds. The Morgan fingerprint density at radius 1 is 1.52 bits per heavy atom. The van der Waals surface area contributed by atoms with Crippen molar-refractivity contribution in [3.05, 3.63) is 41.0 Å². The van der Waals surface area contributed by atoms with Gasteiger partial charge >= 0.3 is 0 Å². The van der Waals surface area contributed by atoms with Crippen LogP contribution in [0.1, 0.15) is 35.8 Å². The minimum atomic E-state index is -0.209. The van der Waals surface area contributed by atoms with Crippen LogP contribution >= 0.6 is 11.3 Å². The largest absolute Gasteiger partial charge is 0.361 e. The van der Waals surface area contributed by atoms with Crippen LogP contribution in [0.15, 0.2) is 28.4 Å². The highest BCUT2D eigenvalue weighted by molar-refractivity contribution is 7.15. The van der Waals surface area contributed by atoms with E-state index in [1.54, 1.807) is 6.20 Å². The number of carbonyl (C=O) groups excluding carboxylic acids is 1. The molecule has 0 radical (unpaired) electrons. The Balaban J connectivity index is 1.60. The minimum Gasteiger partial charge on any atom is -0.361 e. The van der Waals surface area contributed by atoms with Crippen LogP contribution < -0.4 is 5.32 Å². The van der Waals surface area contributed by atoms with Crippen molar-refractivity contribution in [3.8, 4) is 0 Å². The number of fused-ring (bicyclic) bond motifs is 1. The average Bonchev–Trinajstić information content (AvgIpc) is 3.09. The number of nitrogens with zero attached hydrogens (tertiary/aromatic N) is 3. The maximum absolute atomic E-state index is 12.0. The molecule has 0 aliphatic carbocycles. The Hall–Kier alpha value is -2.15. The van der Waals surface area contributed by atoms with Crippen LogP contribution in [-0.2, 0) is 13.0 Å². The van der Waals surface area contributed by atoms with Crippen LogP contribution in [0, 0.1) is 5.92 Å². The number of nitrogens with one attached hydrogen (secondary N) is 1. The third kappa shape index (κ3) is 3.13. The summed E-state index contributed by atoms with van der Waals surface area (Å²) in [5.41, 5.74) is 1.13. The van der Waals surface area contributed by atoms with Crippen molar-refractivity contribution in [3.63, 3.8) is 0 Å². The molecule has 21 heavy (non-hydrogen) atoms. The fourth-order valence-corrected chi connectivity index (χ4v) is 2.74. The first-order valence-corrected chi connectivity index (χ1v) is 7.64. The number of imidazole rings is 1. The summed E-state index contributed by atoms with van der Waals surface area (Å²) in [6, 6.07) is 1.88. The molecule has 0 spiro atoms. The smallest absolute Gasteiger partial charge is 0.271 e. The fourth-order valence-electron chi connectivity index (χ4n) is 2.04. The van der Waals surface area contributed by atoms with Crippen LogP contribution in [0.5, 0.6) is 0 Å². The lowest BCUT2D eigenvalue weighted by molar-refractivity contribution is 0.0945. The van der Waals surface area contributed by atoms with E-state index in [9.17, 15) is 4.79 Å². The van der Waals surface area contributed by atoms with Gasteiger partial charge in [0.2, 0.25) is 0 Å². The minimum absolute atomic E-state index is 0.209. The van der Waals surface area contributed by atoms with Gasteiger partial charge in [-0.3, -0.25) is 9.20 Å². The van der Waals surface area contributed by atoms with E-state index in [1.165, 1.54) is 11.3 Å². The first-order valence-electron chi connectivity index (χ1n) is 6.76. The van der Waals surface area contributed by atoms with Gasteiger partial charge in [0.05, 0.1) is 6.54 Å². The van der Waals surface area contributed by atoms with E-state index in [0.29, 0.717) is 18.2 Å². The fraction of sp³-hybridized carbons (Fsp3) is 0.357. The summed E-state index contributed by atoms with van der Waals surface area (Å²) in [5, 5.41) is 8.68. The van der Waals surface area contributed by atoms with Crippen LogP contribution in [0.2, 0.25) is 0 Å². The molecule has 0 saturated carbocycles. The van der Waals surface area contributed by atoms with Crippen molar-refractivity contribution < 1.29 is 9.32 Å². The Kier molecular flexibility index (Phi) is 3.74. The summed E-state index contributed by atoms with van der Waals surface area (Å²) >= 11 is 1.49. The van der Waals surface area contributed by atoms with E-state index < -0.39 is 0 Å². The zero-order valence-corrected chi connectivity index (χ0v) is 12.7. The predicted molar refractivity (Wildman–Crippen MR) is 79.3 cm³/mol. The molecular formula is C14H16N4O2S. The van der Waals surface area contributed by atoms with E-state index in [1.807, 2.05) is 22.0 Å². The van der Waals surface area contributed by atoms with E-state index >= 15 is 0 Å². The summed E-state index contributed by atoms with van der Waals surface area (Å²) in [6.07, 6.45) is 4.44. The van der Waals surface area contributed by atoms with Gasteiger partial charge in [0.15, 0.2) is 4.96 Å². The summed E-state index contributed by atoms with van der Waals surface area (Å²) in [4.78, 5) is 17.1. The molecule has 3 aromatic rings. The maximum atomic E-state index is 12.0. The topological polar surface area (TPSA) is 72.4 Å². The van der Waals surface area contributed by atoms with Crippen molar-refractivity contribution >= 4 is 22.2 Å². The number of aromatic nitrogens is 3. The van der Waals surface area contributed by atoms with Gasteiger partial charge in [-0.25, -0.2) is 4.98 Å². The maximum Gasteiger partial charge on any atom is 0.271 e. The summed E-state index contributed by atoms with van der Waals surface area (Å²) in [7, 11) is 0. The van der Waals surface area contributed by atoms with Crippen molar-refractivity contribution in [1.82, 2.24) is 19.9 Å². The van der Waals surface area contributed by atoms with Crippen LogP contribution in [0.3, 0.4) is 0 Å². The lowest BCUT2D eigenvalue weighted by Crippen LogP contribution is -2.23. The Morgan fingerprint density at radius 2 is 2.38 bits per heavy atom. The molecule has 0 aliphatic rings. The Labute approximate surface area is 125 Å². The van der Waals surface area contributed by atoms with E-state index in [-0.39, 0.29) is 5.91 Å². The van der Waals surface area contributed by atoms with E-state index in [4.69, 9.17) is 4.52 Å². The number of carbonyl (C=O) groups is 1. The molecule has 110 valence electrons. The van der Waals surface area contributed by atoms with Gasteiger partial charge in [0.1, 0.15) is 17.1 Å². The number of amides is 1. The van der Waals surface area contributed by atoms with Gasteiger partial charge in [0, 0.05) is 30.3 Å². The zero-order chi connectivity index (χ0) is 14.8. The molecule has 1 N–H and O–H groups in total. The van der Waals surface area contributed by atoms with Gasteiger partial charge in [-0.15, -0.1) is 11.3 Å². The molecule has 6 nitrogen and oxygen atoms in total. The van der Waals surface area contributed by atoms with Gasteiger partial charge in [0.25, 0.3) is 5.91 Å². The highest BCUT2D eigenvalue weighted by Crippen LogP contribution is 2.12. The molecular weight excluding hydrogens is 288 g/mol. The average molecular weight is 304 g/mol. The molecule has 0 atom stereocenters. The third-order valence-corrected chi connectivity index (χ3v) is 3.74. The van der Waals surface area contributed by atoms with Crippen LogP contribution in [0.4, 0.5) is 0 Å². The number of thiazole rings is 1. The first kappa shape index (κ1) is 13.8. The predicted octanol–water partition coefficient (Wildman–Crippen LogP) is 2.51. The molecule has 3 rings (SSSR count). The normalized spacial score (nSPS) is 11.4. The van der Waals surface area contributed by atoms with Gasteiger partial charge in [-0.2, -0.15) is 0 Å². The van der Waals surface area contributed by atoms with Crippen molar-refractivity contribution in [2.45, 2.75) is 26.8 Å². The summed E-state index contributed by atoms with van der Waals surface area (Å²) in [6.45, 7) is 4.58. The second-order valence-corrected chi connectivity index (χ2v) is 6.16. The zero-order valence-electron chi connectivity index (χ0n) is 11.9.